The van der Waals surface area contributed by atoms with Crippen LogP contribution in [-0.4, -0.2) is 11.9 Å². The highest BCUT2D eigenvalue weighted by Gasteiger charge is 2.29. The van der Waals surface area contributed by atoms with Crippen LogP contribution in [0.2, 0.25) is 0 Å². The number of hydrogen-bond acceptors (Lipinski definition) is 2. The molecule has 1 fully saturated rings. The maximum Gasteiger partial charge on any atom is 0.249 e. The lowest BCUT2D eigenvalue weighted by Gasteiger charge is -2.31. The second-order valence-corrected chi connectivity index (χ2v) is 7.60. The van der Waals surface area contributed by atoms with Crippen molar-refractivity contribution in [1.82, 2.24) is 0 Å². The summed E-state index contributed by atoms with van der Waals surface area (Å²) in [6, 6.07) is 24.4. The minimum absolute atomic E-state index is 0.111. The van der Waals surface area contributed by atoms with Crippen LogP contribution in [0.4, 0.5) is 0 Å². The molecule has 0 bridgehead atoms. The van der Waals surface area contributed by atoms with E-state index in [1.165, 1.54) is 12.8 Å². The van der Waals surface area contributed by atoms with Gasteiger partial charge in [-0.3, -0.25) is 4.79 Å². The molecule has 1 aliphatic rings. The van der Waals surface area contributed by atoms with Crippen molar-refractivity contribution >= 4 is 5.91 Å². The SMILES string of the molecule is NC(=O)c1c(-c2ccccc2)ccc([C@H]2CCCC[C@H]2N)c1-c1ccccc1. The highest BCUT2D eigenvalue weighted by atomic mass is 16.1. The molecule has 1 amide bonds. The minimum Gasteiger partial charge on any atom is -0.366 e. The molecular formula is C25H26N2O. The summed E-state index contributed by atoms with van der Waals surface area (Å²) in [4.78, 5) is 12.7. The molecule has 3 heteroatoms. The summed E-state index contributed by atoms with van der Waals surface area (Å²) in [6.45, 7) is 0. The Morgan fingerprint density at radius 2 is 1.39 bits per heavy atom. The summed E-state index contributed by atoms with van der Waals surface area (Å²) in [5, 5.41) is 0. The number of rotatable bonds is 4. The quantitative estimate of drug-likeness (QED) is 0.670. The number of carbonyl (C=O) groups is 1. The molecule has 1 saturated carbocycles. The number of primary amides is 1. The lowest BCUT2D eigenvalue weighted by Crippen LogP contribution is -2.32. The summed E-state index contributed by atoms with van der Waals surface area (Å²) in [6.07, 6.45) is 4.40. The van der Waals surface area contributed by atoms with Crippen LogP contribution in [0.5, 0.6) is 0 Å². The molecule has 0 aliphatic heterocycles. The summed E-state index contributed by atoms with van der Waals surface area (Å²) in [5.41, 5.74) is 18.0. The standard InChI is InChI=1S/C25H26N2O/c26-22-14-8-7-13-20(22)21-16-15-19(17-9-3-1-4-10-17)24(25(27)28)23(21)18-11-5-2-6-12-18/h1-6,9-12,15-16,20,22H,7-8,13-14,26H2,(H2,27,28)/t20-,22-/m1/s1. The van der Waals surface area contributed by atoms with Gasteiger partial charge in [0.05, 0.1) is 5.56 Å². The van der Waals surface area contributed by atoms with Crippen molar-refractivity contribution in [2.45, 2.75) is 37.6 Å². The van der Waals surface area contributed by atoms with Gasteiger partial charge in [0.25, 0.3) is 0 Å². The van der Waals surface area contributed by atoms with Crippen LogP contribution in [0.25, 0.3) is 22.3 Å². The Balaban J connectivity index is 2.00. The van der Waals surface area contributed by atoms with Gasteiger partial charge >= 0.3 is 0 Å². The van der Waals surface area contributed by atoms with Gasteiger partial charge in [-0.2, -0.15) is 0 Å². The van der Waals surface area contributed by atoms with Crippen molar-refractivity contribution in [1.29, 1.82) is 0 Å². The van der Waals surface area contributed by atoms with Gasteiger partial charge in [-0.25, -0.2) is 0 Å². The van der Waals surface area contributed by atoms with Crippen LogP contribution in [0, 0.1) is 0 Å². The molecular weight excluding hydrogens is 344 g/mol. The van der Waals surface area contributed by atoms with Crippen LogP contribution >= 0.6 is 0 Å². The predicted molar refractivity (Wildman–Crippen MR) is 115 cm³/mol. The first-order valence-electron chi connectivity index (χ1n) is 10.00. The molecule has 0 spiro atoms. The van der Waals surface area contributed by atoms with E-state index in [-0.39, 0.29) is 12.0 Å². The van der Waals surface area contributed by atoms with Gasteiger partial charge in [0, 0.05) is 6.04 Å². The topological polar surface area (TPSA) is 69.1 Å². The van der Waals surface area contributed by atoms with Crippen LogP contribution in [0.3, 0.4) is 0 Å². The van der Waals surface area contributed by atoms with Crippen molar-refractivity contribution < 1.29 is 4.79 Å². The second kappa shape index (κ2) is 7.99. The van der Waals surface area contributed by atoms with E-state index in [2.05, 4.69) is 6.07 Å². The minimum atomic E-state index is -0.399. The van der Waals surface area contributed by atoms with E-state index in [0.29, 0.717) is 5.56 Å². The molecule has 28 heavy (non-hydrogen) atoms. The first-order chi connectivity index (χ1) is 13.7. The van der Waals surface area contributed by atoms with Crippen molar-refractivity contribution in [3.8, 4) is 22.3 Å². The number of carbonyl (C=O) groups excluding carboxylic acids is 1. The van der Waals surface area contributed by atoms with E-state index in [4.69, 9.17) is 11.5 Å². The zero-order valence-electron chi connectivity index (χ0n) is 16.0. The first-order valence-corrected chi connectivity index (χ1v) is 10.00. The molecule has 1 aliphatic carbocycles. The Kier molecular flexibility index (Phi) is 5.27. The summed E-state index contributed by atoms with van der Waals surface area (Å²) >= 11 is 0. The van der Waals surface area contributed by atoms with Crippen LogP contribution < -0.4 is 11.5 Å². The zero-order chi connectivity index (χ0) is 19.5. The van der Waals surface area contributed by atoms with Gasteiger partial charge < -0.3 is 11.5 Å². The highest BCUT2D eigenvalue weighted by molar-refractivity contribution is 6.07. The van der Waals surface area contributed by atoms with Crippen molar-refractivity contribution in [3.05, 3.63) is 83.9 Å². The number of benzene rings is 3. The molecule has 3 aromatic carbocycles. The average Bonchev–Trinajstić information content (AvgIpc) is 2.74. The highest BCUT2D eigenvalue weighted by Crippen LogP contribution is 2.42. The number of hydrogen-bond donors (Lipinski definition) is 2. The van der Waals surface area contributed by atoms with E-state index >= 15 is 0 Å². The Labute approximate surface area is 166 Å². The fraction of sp³-hybridized carbons (Fsp3) is 0.240. The van der Waals surface area contributed by atoms with Crippen molar-refractivity contribution in [3.63, 3.8) is 0 Å². The predicted octanol–water partition coefficient (Wildman–Crippen LogP) is 5.10. The van der Waals surface area contributed by atoms with Crippen molar-refractivity contribution in [2.24, 2.45) is 11.5 Å². The molecule has 2 atom stereocenters. The van der Waals surface area contributed by atoms with E-state index in [1.807, 2.05) is 66.7 Å². The van der Waals surface area contributed by atoms with E-state index in [1.54, 1.807) is 0 Å². The van der Waals surface area contributed by atoms with Crippen LogP contribution in [0.15, 0.2) is 72.8 Å². The third-order valence-electron chi connectivity index (χ3n) is 5.85. The molecule has 3 nitrogen and oxygen atoms in total. The monoisotopic (exact) mass is 370 g/mol. The lowest BCUT2D eigenvalue weighted by molar-refractivity contribution is 0.100. The molecule has 4 N–H and O–H groups in total. The van der Waals surface area contributed by atoms with E-state index in [9.17, 15) is 4.79 Å². The zero-order valence-corrected chi connectivity index (χ0v) is 16.0. The lowest BCUT2D eigenvalue weighted by atomic mass is 9.75. The van der Waals surface area contributed by atoms with Gasteiger partial charge in [-0.1, -0.05) is 85.6 Å². The molecule has 0 heterocycles. The largest absolute Gasteiger partial charge is 0.366 e. The Hall–Kier alpha value is -2.91. The smallest absolute Gasteiger partial charge is 0.249 e. The Morgan fingerprint density at radius 3 is 2.00 bits per heavy atom. The molecule has 0 aromatic heterocycles. The van der Waals surface area contributed by atoms with Gasteiger partial charge in [0.1, 0.15) is 0 Å². The maximum absolute atomic E-state index is 12.7. The Bertz CT molecular complexity index is 967. The fourth-order valence-corrected chi connectivity index (χ4v) is 4.50. The molecule has 4 rings (SSSR count). The third kappa shape index (κ3) is 3.46. The molecule has 142 valence electrons. The van der Waals surface area contributed by atoms with E-state index < -0.39 is 5.91 Å². The van der Waals surface area contributed by atoms with Gasteiger partial charge in [0.15, 0.2) is 0 Å². The number of nitrogens with two attached hydrogens (primary N) is 2. The average molecular weight is 370 g/mol. The van der Waals surface area contributed by atoms with Crippen LogP contribution in [-0.2, 0) is 0 Å². The molecule has 0 saturated heterocycles. The molecule has 0 radical (unpaired) electrons. The summed E-state index contributed by atoms with van der Waals surface area (Å²) in [7, 11) is 0. The van der Waals surface area contributed by atoms with E-state index in [0.717, 1.165) is 40.7 Å². The molecule has 0 unspecified atom stereocenters. The fourth-order valence-electron chi connectivity index (χ4n) is 4.50. The second-order valence-electron chi connectivity index (χ2n) is 7.60. The molecule has 3 aromatic rings. The van der Waals surface area contributed by atoms with Gasteiger partial charge in [0.2, 0.25) is 5.91 Å². The summed E-state index contributed by atoms with van der Waals surface area (Å²) < 4.78 is 0. The summed E-state index contributed by atoms with van der Waals surface area (Å²) in [5.74, 6) is -0.157. The Morgan fingerprint density at radius 1 is 0.786 bits per heavy atom. The van der Waals surface area contributed by atoms with Gasteiger partial charge in [-0.05, 0) is 46.6 Å². The normalized spacial score (nSPS) is 19.3. The first kappa shape index (κ1) is 18.5. The maximum atomic E-state index is 12.7. The van der Waals surface area contributed by atoms with Crippen molar-refractivity contribution in [2.75, 3.05) is 0 Å². The third-order valence-corrected chi connectivity index (χ3v) is 5.85. The van der Waals surface area contributed by atoms with Crippen LogP contribution in [0.1, 0.15) is 47.5 Å². The van der Waals surface area contributed by atoms with Gasteiger partial charge in [-0.15, -0.1) is 0 Å². The number of amides is 1.